The summed E-state index contributed by atoms with van der Waals surface area (Å²) in [5.41, 5.74) is -0.104. The monoisotopic (exact) mass is 662 g/mol. The first kappa shape index (κ1) is 30.4. The van der Waals surface area contributed by atoms with Crippen LogP contribution in [0.3, 0.4) is 0 Å². The molecule has 0 saturated carbocycles. The lowest BCUT2D eigenvalue weighted by Gasteiger charge is -2.40. The van der Waals surface area contributed by atoms with Gasteiger partial charge in [-0.3, -0.25) is 4.90 Å². The van der Waals surface area contributed by atoms with E-state index in [-0.39, 0.29) is 63.5 Å². The molecule has 2 N–H and O–H groups in total. The average molecular weight is 663 g/mol. The zero-order valence-electron chi connectivity index (χ0n) is 26.3. The molecule has 10 nitrogen and oxygen atoms in total. The molecule has 4 aromatic rings. The molecule has 2 aromatic carbocycles. The molecule has 8 rings (SSSR count). The number of pyridine rings is 1. The molecular formula is C34H36F2N6O4S. The Morgan fingerprint density at radius 1 is 1.13 bits per heavy atom. The van der Waals surface area contributed by atoms with Crippen LogP contribution in [0, 0.1) is 24.0 Å². The van der Waals surface area contributed by atoms with Gasteiger partial charge in [-0.2, -0.15) is 9.97 Å². The Morgan fingerprint density at radius 2 is 1.96 bits per heavy atom. The first-order chi connectivity index (χ1) is 22.7. The summed E-state index contributed by atoms with van der Waals surface area (Å²) in [7, 11) is -1.25. The van der Waals surface area contributed by atoms with E-state index in [9.17, 15) is 9.50 Å². The van der Waals surface area contributed by atoms with Crippen LogP contribution < -0.4 is 19.7 Å². The molecule has 13 heteroatoms. The SMILES string of the molecule is C#Cc1c(F)ccc2cc(O)cc(-c3nc4c5c(nc(OCS(C)(C)CN6CCOCC6)nc5c3F)N3C[C@H]5CC[C@H](N5)[C@H]3CO4)c12. The molecule has 3 fully saturated rings. The van der Waals surface area contributed by atoms with Crippen molar-refractivity contribution in [1.29, 1.82) is 0 Å². The van der Waals surface area contributed by atoms with Crippen LogP contribution in [0.2, 0.25) is 0 Å². The number of nitrogens with zero attached hydrogens (tertiary/aromatic N) is 5. The Hall–Kier alpha value is -3.96. The zero-order valence-corrected chi connectivity index (χ0v) is 27.1. The van der Waals surface area contributed by atoms with Crippen LogP contribution >= 0.6 is 10.0 Å². The number of piperazine rings is 1. The van der Waals surface area contributed by atoms with E-state index in [0.29, 0.717) is 48.9 Å². The van der Waals surface area contributed by atoms with Crippen LogP contribution in [0.4, 0.5) is 14.6 Å². The van der Waals surface area contributed by atoms with Crippen molar-refractivity contribution < 1.29 is 28.1 Å². The number of phenols is 1. The van der Waals surface area contributed by atoms with Crippen LogP contribution in [-0.4, -0.2) is 107 Å². The number of halogens is 2. The van der Waals surface area contributed by atoms with E-state index in [1.807, 2.05) is 0 Å². The number of anilines is 1. The molecule has 2 aromatic heterocycles. The summed E-state index contributed by atoms with van der Waals surface area (Å²) in [6.45, 7) is 4.15. The van der Waals surface area contributed by atoms with Gasteiger partial charge >= 0.3 is 6.01 Å². The van der Waals surface area contributed by atoms with Crippen molar-refractivity contribution >= 4 is 37.5 Å². The minimum absolute atomic E-state index is 0.0207. The summed E-state index contributed by atoms with van der Waals surface area (Å²) in [6, 6.07) is 5.97. The van der Waals surface area contributed by atoms with Gasteiger partial charge in [0.1, 0.15) is 46.5 Å². The number of nitrogens with one attached hydrogen (secondary N) is 1. The third-order valence-electron chi connectivity index (χ3n) is 9.53. The normalized spacial score (nSPS) is 22.9. The summed E-state index contributed by atoms with van der Waals surface area (Å²) < 4.78 is 50.2. The molecule has 3 atom stereocenters. The van der Waals surface area contributed by atoms with E-state index < -0.39 is 21.7 Å². The van der Waals surface area contributed by atoms with Gasteiger partial charge in [0.2, 0.25) is 5.88 Å². The third-order valence-corrected chi connectivity index (χ3v) is 11.3. The Morgan fingerprint density at radius 3 is 2.77 bits per heavy atom. The molecule has 0 radical (unpaired) electrons. The number of hydrogen-bond acceptors (Lipinski definition) is 10. The standard InChI is InChI=1S/C34H36F2N6O4S/c1-4-22-24(35)7-5-19-13-21(43)14-23(27(19)22)30-29(36)31-28-32(42-15-20-6-8-25(37-20)26(42)16-45-33(28)38-30)40-34(39-31)46-18-47(2,3)17-41-9-11-44-12-10-41/h1,5,7,13-14,20,25-26,37,43H,6,8-12,15-18H2,2-3H3/t20-,25+,26-/m1/s1. The second kappa shape index (κ2) is 11.6. The number of terminal acetylenes is 1. The van der Waals surface area contributed by atoms with Crippen LogP contribution in [0.15, 0.2) is 24.3 Å². The Kier molecular flexibility index (Phi) is 7.51. The van der Waals surface area contributed by atoms with Gasteiger partial charge in [-0.05, 0) is 48.9 Å². The number of rotatable bonds is 6. The van der Waals surface area contributed by atoms with E-state index in [2.05, 4.69) is 43.5 Å². The molecular weight excluding hydrogens is 626 g/mol. The second-order valence-electron chi connectivity index (χ2n) is 13.3. The van der Waals surface area contributed by atoms with Crippen LogP contribution in [-0.2, 0) is 4.74 Å². The molecule has 0 spiro atoms. The summed E-state index contributed by atoms with van der Waals surface area (Å²) in [5, 5.41) is 15.4. The molecule has 4 aliphatic rings. The van der Waals surface area contributed by atoms with Gasteiger partial charge in [0.25, 0.3) is 0 Å². The summed E-state index contributed by atoms with van der Waals surface area (Å²) >= 11 is 0. The fraction of sp³-hybridized carbons (Fsp3) is 0.441. The smallest absolute Gasteiger partial charge is 0.319 e. The van der Waals surface area contributed by atoms with E-state index in [0.717, 1.165) is 31.8 Å². The van der Waals surface area contributed by atoms with Crippen molar-refractivity contribution in [3.05, 3.63) is 41.5 Å². The van der Waals surface area contributed by atoms with Crippen LogP contribution in [0.5, 0.6) is 17.6 Å². The van der Waals surface area contributed by atoms with Gasteiger partial charge in [0.15, 0.2) is 5.82 Å². The molecule has 246 valence electrons. The summed E-state index contributed by atoms with van der Waals surface area (Å²) in [6.07, 6.45) is 12.2. The fourth-order valence-corrected chi connectivity index (χ4v) is 9.13. The van der Waals surface area contributed by atoms with Crippen LogP contribution in [0.1, 0.15) is 18.4 Å². The summed E-state index contributed by atoms with van der Waals surface area (Å²) in [4.78, 5) is 18.8. The van der Waals surface area contributed by atoms with Crippen LogP contribution in [0.25, 0.3) is 32.9 Å². The lowest BCUT2D eigenvalue weighted by Crippen LogP contribution is -2.60. The third kappa shape index (κ3) is 5.37. The minimum atomic E-state index is -1.25. The summed E-state index contributed by atoms with van der Waals surface area (Å²) in [5.74, 6) is 2.80. The molecule has 0 unspecified atom stereocenters. The van der Waals surface area contributed by atoms with E-state index >= 15 is 4.39 Å². The van der Waals surface area contributed by atoms with Crippen molar-refractivity contribution in [2.24, 2.45) is 0 Å². The number of hydrogen-bond donors (Lipinski definition) is 2. The predicted octanol–water partition coefficient (Wildman–Crippen LogP) is 4.20. The molecule has 4 aliphatic heterocycles. The topological polar surface area (TPSA) is 105 Å². The highest BCUT2D eigenvalue weighted by molar-refractivity contribution is 8.32. The van der Waals surface area contributed by atoms with Gasteiger partial charge in [0, 0.05) is 48.5 Å². The zero-order chi connectivity index (χ0) is 32.4. The van der Waals surface area contributed by atoms with Crippen molar-refractivity contribution in [3.8, 4) is 41.2 Å². The Balaban J connectivity index is 1.28. The second-order valence-corrected chi connectivity index (χ2v) is 17.3. The van der Waals surface area contributed by atoms with E-state index in [1.54, 1.807) is 0 Å². The van der Waals surface area contributed by atoms with Gasteiger partial charge in [-0.25, -0.2) is 23.8 Å². The van der Waals surface area contributed by atoms with Gasteiger partial charge in [-0.1, -0.05) is 12.0 Å². The first-order valence-corrected chi connectivity index (χ1v) is 18.6. The molecule has 2 bridgehead atoms. The lowest BCUT2D eigenvalue weighted by molar-refractivity contribution is 0.0469. The minimum Gasteiger partial charge on any atom is -0.508 e. The highest BCUT2D eigenvalue weighted by atomic mass is 32.3. The first-order valence-electron chi connectivity index (χ1n) is 15.8. The van der Waals surface area contributed by atoms with E-state index in [4.69, 9.17) is 25.6 Å². The number of aromatic hydroxyl groups is 1. The Bertz CT molecular complexity index is 1950. The largest absolute Gasteiger partial charge is 0.508 e. The van der Waals surface area contributed by atoms with Gasteiger partial charge < -0.3 is 29.5 Å². The number of ether oxygens (including phenoxy) is 3. The van der Waals surface area contributed by atoms with Crippen molar-refractivity contribution in [2.75, 3.05) is 68.7 Å². The predicted molar refractivity (Wildman–Crippen MR) is 179 cm³/mol. The number of aromatic nitrogens is 3. The molecule has 3 saturated heterocycles. The highest BCUT2D eigenvalue weighted by Gasteiger charge is 2.44. The number of phenolic OH excluding ortho intramolecular Hbond substituents is 1. The van der Waals surface area contributed by atoms with Crippen molar-refractivity contribution in [1.82, 2.24) is 25.2 Å². The number of morpholine rings is 1. The highest BCUT2D eigenvalue weighted by Crippen LogP contribution is 2.46. The molecule has 6 heterocycles. The molecule has 0 amide bonds. The average Bonchev–Trinajstić information content (AvgIpc) is 3.37. The maximum absolute atomic E-state index is 17.0. The van der Waals surface area contributed by atoms with Gasteiger partial charge in [0.05, 0.1) is 24.8 Å². The van der Waals surface area contributed by atoms with Crippen molar-refractivity contribution in [2.45, 2.75) is 31.0 Å². The molecule has 0 aliphatic carbocycles. The van der Waals surface area contributed by atoms with Gasteiger partial charge in [-0.15, -0.1) is 6.42 Å². The maximum atomic E-state index is 17.0. The van der Waals surface area contributed by atoms with E-state index in [1.165, 1.54) is 24.3 Å². The Labute approximate surface area is 272 Å². The number of fused-ring (bicyclic) bond motifs is 6. The molecule has 47 heavy (non-hydrogen) atoms. The van der Waals surface area contributed by atoms with Crippen molar-refractivity contribution in [3.63, 3.8) is 0 Å². The maximum Gasteiger partial charge on any atom is 0.319 e. The lowest BCUT2D eigenvalue weighted by atomic mass is 9.95. The quantitative estimate of drug-likeness (QED) is 0.292. The fourth-order valence-electron chi connectivity index (χ4n) is 7.39. The number of benzene rings is 2.